The minimum absolute atomic E-state index is 0.0101. The number of nitrogens with one attached hydrogen (secondary N) is 2. The number of benzene rings is 2. The normalized spacial score (nSPS) is 10.6. The molecule has 2 aromatic rings. The van der Waals surface area contributed by atoms with E-state index in [1.165, 1.54) is 6.20 Å². The summed E-state index contributed by atoms with van der Waals surface area (Å²) in [7, 11) is 1.57. The maximum Gasteiger partial charge on any atom is 0.267 e. The molecule has 2 N–H and O–H groups in total. The number of nitrogens with zero attached hydrogens (tertiary/aromatic N) is 1. The molecule has 1 amide bonds. The first-order valence-corrected chi connectivity index (χ1v) is 7.02. The minimum atomic E-state index is -0.473. The SMILES string of the molecule is COc1ccc(NC(=O)/C(C#N)=C\Nc2ccccc2C)cc1. The molecule has 0 fully saturated rings. The van der Waals surface area contributed by atoms with Gasteiger partial charge in [0.15, 0.2) is 0 Å². The van der Waals surface area contributed by atoms with E-state index in [9.17, 15) is 4.79 Å². The standard InChI is InChI=1S/C18H17N3O2/c1-13-5-3-4-6-17(13)20-12-14(11-19)18(22)21-15-7-9-16(23-2)10-8-15/h3-10,12,20H,1-2H3,(H,21,22)/b14-12-. The molecule has 5 heteroatoms. The quantitative estimate of drug-likeness (QED) is 0.655. The molecule has 0 unspecified atom stereocenters. The summed E-state index contributed by atoms with van der Waals surface area (Å²) in [5.41, 5.74) is 2.45. The van der Waals surface area contributed by atoms with Gasteiger partial charge in [0.05, 0.1) is 7.11 Å². The monoisotopic (exact) mass is 307 g/mol. The Balaban J connectivity index is 2.07. The third-order valence-corrected chi connectivity index (χ3v) is 3.23. The summed E-state index contributed by atoms with van der Waals surface area (Å²) >= 11 is 0. The van der Waals surface area contributed by atoms with Gasteiger partial charge in [-0.1, -0.05) is 18.2 Å². The van der Waals surface area contributed by atoms with Crippen LogP contribution < -0.4 is 15.4 Å². The third-order valence-electron chi connectivity index (χ3n) is 3.23. The van der Waals surface area contributed by atoms with E-state index in [4.69, 9.17) is 10.00 Å². The summed E-state index contributed by atoms with van der Waals surface area (Å²) < 4.78 is 5.06. The summed E-state index contributed by atoms with van der Waals surface area (Å²) in [5, 5.41) is 14.8. The van der Waals surface area contributed by atoms with Crippen LogP contribution in [0, 0.1) is 18.3 Å². The first-order valence-electron chi connectivity index (χ1n) is 7.02. The lowest BCUT2D eigenvalue weighted by Gasteiger charge is -2.07. The van der Waals surface area contributed by atoms with Crippen LogP contribution in [-0.2, 0) is 4.79 Å². The molecular formula is C18H17N3O2. The number of ether oxygens (including phenoxy) is 1. The molecule has 0 saturated heterocycles. The summed E-state index contributed by atoms with van der Waals surface area (Å²) in [5.74, 6) is 0.221. The van der Waals surface area contributed by atoms with Crippen LogP contribution in [0.3, 0.4) is 0 Å². The van der Waals surface area contributed by atoms with Crippen LogP contribution in [0.25, 0.3) is 0 Å². The highest BCUT2D eigenvalue weighted by molar-refractivity contribution is 6.06. The van der Waals surface area contributed by atoms with E-state index in [0.29, 0.717) is 11.4 Å². The van der Waals surface area contributed by atoms with Crippen molar-refractivity contribution < 1.29 is 9.53 Å². The van der Waals surface area contributed by atoms with Crippen molar-refractivity contribution in [1.82, 2.24) is 0 Å². The average Bonchev–Trinajstić information content (AvgIpc) is 2.57. The van der Waals surface area contributed by atoms with Gasteiger partial charge in [0, 0.05) is 17.6 Å². The van der Waals surface area contributed by atoms with Crippen LogP contribution in [0.1, 0.15) is 5.56 Å². The van der Waals surface area contributed by atoms with Crippen molar-refractivity contribution >= 4 is 17.3 Å². The van der Waals surface area contributed by atoms with Gasteiger partial charge in [-0.2, -0.15) is 5.26 Å². The zero-order chi connectivity index (χ0) is 16.7. The van der Waals surface area contributed by atoms with E-state index in [0.717, 1.165) is 11.3 Å². The number of anilines is 2. The second-order valence-electron chi connectivity index (χ2n) is 4.81. The molecule has 0 aromatic heterocycles. The minimum Gasteiger partial charge on any atom is -0.497 e. The number of amides is 1. The highest BCUT2D eigenvalue weighted by Gasteiger charge is 2.09. The van der Waals surface area contributed by atoms with Crippen molar-refractivity contribution in [2.45, 2.75) is 6.92 Å². The summed E-state index contributed by atoms with van der Waals surface area (Å²) in [6, 6.07) is 16.4. The van der Waals surface area contributed by atoms with E-state index in [2.05, 4.69) is 10.6 Å². The summed E-state index contributed by atoms with van der Waals surface area (Å²) in [4.78, 5) is 12.1. The van der Waals surface area contributed by atoms with E-state index >= 15 is 0 Å². The molecule has 5 nitrogen and oxygen atoms in total. The zero-order valence-corrected chi connectivity index (χ0v) is 13.0. The van der Waals surface area contributed by atoms with Gasteiger partial charge in [-0.3, -0.25) is 4.79 Å². The van der Waals surface area contributed by atoms with Crippen LogP contribution in [-0.4, -0.2) is 13.0 Å². The number of carbonyl (C=O) groups excluding carboxylic acids is 1. The van der Waals surface area contributed by atoms with Crippen molar-refractivity contribution in [2.24, 2.45) is 0 Å². The predicted octanol–water partition coefficient (Wildman–Crippen LogP) is 3.46. The number of rotatable bonds is 5. The van der Waals surface area contributed by atoms with Gasteiger partial charge in [-0.05, 0) is 42.8 Å². The third kappa shape index (κ3) is 4.35. The summed E-state index contributed by atoms with van der Waals surface area (Å²) in [6.45, 7) is 1.94. The summed E-state index contributed by atoms with van der Waals surface area (Å²) in [6.07, 6.45) is 1.40. The van der Waals surface area contributed by atoms with Crippen molar-refractivity contribution in [3.05, 3.63) is 65.9 Å². The van der Waals surface area contributed by atoms with Gasteiger partial charge in [-0.15, -0.1) is 0 Å². The molecule has 0 heterocycles. The Hall–Kier alpha value is -3.26. The Bertz CT molecular complexity index is 759. The molecule has 0 aliphatic carbocycles. The van der Waals surface area contributed by atoms with Crippen LogP contribution in [0.15, 0.2) is 60.3 Å². The number of nitriles is 1. The highest BCUT2D eigenvalue weighted by Crippen LogP contribution is 2.16. The highest BCUT2D eigenvalue weighted by atomic mass is 16.5. The lowest BCUT2D eigenvalue weighted by molar-refractivity contribution is -0.112. The van der Waals surface area contributed by atoms with Crippen molar-refractivity contribution in [2.75, 3.05) is 17.7 Å². The molecule has 0 spiro atoms. The number of hydrogen-bond acceptors (Lipinski definition) is 4. The fraction of sp³-hybridized carbons (Fsp3) is 0.111. The van der Waals surface area contributed by atoms with Crippen LogP contribution >= 0.6 is 0 Å². The molecule has 0 saturated carbocycles. The Kier molecular flexibility index (Phi) is 5.37. The molecule has 116 valence electrons. The van der Waals surface area contributed by atoms with Gasteiger partial charge < -0.3 is 15.4 Å². The van der Waals surface area contributed by atoms with Crippen molar-refractivity contribution in [1.29, 1.82) is 5.26 Å². The van der Waals surface area contributed by atoms with Gasteiger partial charge in [0.25, 0.3) is 5.91 Å². The topological polar surface area (TPSA) is 74.1 Å². The van der Waals surface area contributed by atoms with Crippen LogP contribution in [0.2, 0.25) is 0 Å². The van der Waals surface area contributed by atoms with Crippen LogP contribution in [0.4, 0.5) is 11.4 Å². The number of hydrogen-bond donors (Lipinski definition) is 2. The van der Waals surface area contributed by atoms with Gasteiger partial charge >= 0.3 is 0 Å². The Labute approximate surface area is 135 Å². The van der Waals surface area contributed by atoms with E-state index in [-0.39, 0.29) is 5.57 Å². The van der Waals surface area contributed by atoms with Gasteiger partial charge in [0.2, 0.25) is 0 Å². The number of aryl methyl sites for hydroxylation is 1. The first-order chi connectivity index (χ1) is 11.1. The lowest BCUT2D eigenvalue weighted by atomic mass is 10.2. The molecule has 2 aromatic carbocycles. The largest absolute Gasteiger partial charge is 0.497 e. The van der Waals surface area contributed by atoms with Gasteiger partial charge in [0.1, 0.15) is 17.4 Å². The Morgan fingerprint density at radius 1 is 1.17 bits per heavy atom. The average molecular weight is 307 g/mol. The molecule has 0 aliphatic heterocycles. The maximum atomic E-state index is 12.1. The molecule has 0 atom stereocenters. The van der Waals surface area contributed by atoms with Crippen molar-refractivity contribution in [3.8, 4) is 11.8 Å². The van der Waals surface area contributed by atoms with Crippen LogP contribution in [0.5, 0.6) is 5.75 Å². The molecule has 2 rings (SSSR count). The second-order valence-corrected chi connectivity index (χ2v) is 4.81. The molecular weight excluding hydrogens is 290 g/mol. The number of methoxy groups -OCH3 is 1. The predicted molar refractivity (Wildman–Crippen MR) is 90.1 cm³/mol. The fourth-order valence-electron chi connectivity index (χ4n) is 1.91. The van der Waals surface area contributed by atoms with Crippen molar-refractivity contribution in [3.63, 3.8) is 0 Å². The maximum absolute atomic E-state index is 12.1. The number of para-hydroxylation sites is 1. The molecule has 0 aliphatic rings. The smallest absolute Gasteiger partial charge is 0.267 e. The van der Waals surface area contributed by atoms with E-state index in [1.54, 1.807) is 31.4 Å². The second kappa shape index (κ2) is 7.66. The number of carbonyl (C=O) groups is 1. The van der Waals surface area contributed by atoms with Gasteiger partial charge in [-0.25, -0.2) is 0 Å². The molecule has 23 heavy (non-hydrogen) atoms. The Morgan fingerprint density at radius 3 is 2.48 bits per heavy atom. The first kappa shape index (κ1) is 16.1. The molecule has 0 bridgehead atoms. The van der Waals surface area contributed by atoms with E-state index < -0.39 is 5.91 Å². The van der Waals surface area contributed by atoms with E-state index in [1.807, 2.05) is 37.3 Å². The fourth-order valence-corrected chi connectivity index (χ4v) is 1.91. The molecule has 0 radical (unpaired) electrons. The lowest BCUT2D eigenvalue weighted by Crippen LogP contribution is -2.14. The Morgan fingerprint density at radius 2 is 1.87 bits per heavy atom. The zero-order valence-electron chi connectivity index (χ0n) is 13.0.